The summed E-state index contributed by atoms with van der Waals surface area (Å²) in [6.45, 7) is 3.24. The Hall–Kier alpha value is -4.27. The molecule has 0 aliphatic rings. The Morgan fingerprint density at radius 3 is 2.48 bits per heavy atom. The van der Waals surface area contributed by atoms with Crippen LogP contribution in [-0.2, 0) is 11.8 Å². The molecule has 1 atom stereocenters. The Kier molecular flexibility index (Phi) is 6.03. The van der Waals surface area contributed by atoms with Crippen molar-refractivity contribution in [3.63, 3.8) is 0 Å². The molecular weight excluding hydrogens is 425 g/mol. The van der Waals surface area contributed by atoms with Gasteiger partial charge in [0.15, 0.2) is 23.3 Å². The molecule has 8 nitrogen and oxygen atoms in total. The second-order valence-corrected chi connectivity index (χ2v) is 7.46. The first-order chi connectivity index (χ1) is 15.8. The van der Waals surface area contributed by atoms with Crippen molar-refractivity contribution in [1.82, 2.24) is 25.6 Å². The number of ether oxygens (including phenoxy) is 1. The van der Waals surface area contributed by atoms with Crippen LogP contribution in [0.5, 0.6) is 5.75 Å². The van der Waals surface area contributed by atoms with Gasteiger partial charge in [0.25, 0.3) is 11.8 Å². The molecule has 0 radical (unpaired) electrons. The molecule has 2 aromatic carbocycles. The summed E-state index contributed by atoms with van der Waals surface area (Å²) < 4.78 is 20.7. The molecule has 33 heavy (non-hydrogen) atoms. The molecule has 9 heteroatoms. The van der Waals surface area contributed by atoms with Gasteiger partial charge in [-0.1, -0.05) is 42.5 Å². The number of benzene rings is 2. The lowest BCUT2D eigenvalue weighted by Gasteiger charge is -2.16. The number of aromatic nitrogens is 3. The molecule has 0 saturated carbocycles. The normalized spacial score (nSPS) is 11.8. The Balaban J connectivity index is 1.56. The van der Waals surface area contributed by atoms with E-state index in [0.717, 1.165) is 5.56 Å². The number of nitrogens with zero attached hydrogens (tertiary/aromatic N) is 3. The lowest BCUT2D eigenvalue weighted by atomic mass is 10.1. The number of nitrogens with one attached hydrogen (secondary N) is 2. The summed E-state index contributed by atoms with van der Waals surface area (Å²) in [6.07, 6.45) is -1.04. The third-order valence-corrected chi connectivity index (χ3v) is 5.09. The van der Waals surface area contributed by atoms with Crippen LogP contribution in [0.25, 0.3) is 22.3 Å². The van der Waals surface area contributed by atoms with Gasteiger partial charge < -0.3 is 4.74 Å². The van der Waals surface area contributed by atoms with Crippen molar-refractivity contribution >= 4 is 22.8 Å². The van der Waals surface area contributed by atoms with E-state index in [-0.39, 0.29) is 5.75 Å². The van der Waals surface area contributed by atoms with Gasteiger partial charge in [0.05, 0.1) is 22.3 Å². The largest absolute Gasteiger partial charge is 0.478 e. The van der Waals surface area contributed by atoms with Gasteiger partial charge in [0.1, 0.15) is 0 Å². The van der Waals surface area contributed by atoms with E-state index in [0.29, 0.717) is 28.0 Å². The van der Waals surface area contributed by atoms with Gasteiger partial charge in [-0.3, -0.25) is 25.1 Å². The third kappa shape index (κ3) is 4.52. The van der Waals surface area contributed by atoms with Crippen molar-refractivity contribution in [2.24, 2.45) is 7.05 Å². The molecule has 1 unspecified atom stereocenters. The quantitative estimate of drug-likeness (QED) is 0.458. The van der Waals surface area contributed by atoms with Crippen LogP contribution in [0.4, 0.5) is 4.39 Å². The van der Waals surface area contributed by atoms with Crippen molar-refractivity contribution in [1.29, 1.82) is 0 Å². The second kappa shape index (κ2) is 9.07. The van der Waals surface area contributed by atoms with Crippen LogP contribution in [-0.4, -0.2) is 32.7 Å². The first kappa shape index (κ1) is 21.9. The molecule has 0 aliphatic carbocycles. The van der Waals surface area contributed by atoms with Crippen molar-refractivity contribution in [3.8, 4) is 17.0 Å². The zero-order valence-corrected chi connectivity index (χ0v) is 18.3. The number of pyridine rings is 1. The van der Waals surface area contributed by atoms with Gasteiger partial charge in [0.2, 0.25) is 0 Å². The lowest BCUT2D eigenvalue weighted by Crippen LogP contribution is -2.47. The first-order valence-corrected chi connectivity index (χ1v) is 10.3. The van der Waals surface area contributed by atoms with Crippen LogP contribution >= 0.6 is 0 Å². The number of carbonyl (C=O) groups is 2. The van der Waals surface area contributed by atoms with Gasteiger partial charge in [-0.25, -0.2) is 9.37 Å². The van der Waals surface area contributed by atoms with Crippen LogP contribution in [0.2, 0.25) is 0 Å². The van der Waals surface area contributed by atoms with Crippen molar-refractivity contribution in [2.45, 2.75) is 20.0 Å². The summed E-state index contributed by atoms with van der Waals surface area (Å²) in [7, 11) is 1.75. The zero-order chi connectivity index (χ0) is 23.5. The summed E-state index contributed by atoms with van der Waals surface area (Å²) in [5.74, 6) is -1.81. The molecule has 4 aromatic rings. The summed E-state index contributed by atoms with van der Waals surface area (Å²) in [5, 5.41) is 4.96. The zero-order valence-electron chi connectivity index (χ0n) is 18.3. The molecule has 2 aromatic heterocycles. The van der Waals surface area contributed by atoms with Gasteiger partial charge in [0, 0.05) is 12.6 Å². The van der Waals surface area contributed by atoms with Crippen LogP contribution in [0.15, 0.2) is 60.7 Å². The van der Waals surface area contributed by atoms with Crippen LogP contribution in [0.3, 0.4) is 0 Å². The van der Waals surface area contributed by atoms with E-state index in [1.165, 1.54) is 25.1 Å². The Morgan fingerprint density at radius 2 is 1.76 bits per heavy atom. The number of amides is 2. The fraction of sp³-hybridized carbons (Fsp3) is 0.167. The maximum absolute atomic E-state index is 13.8. The van der Waals surface area contributed by atoms with Crippen LogP contribution in [0, 0.1) is 12.7 Å². The Labute approximate surface area is 189 Å². The molecule has 2 heterocycles. The molecule has 2 amide bonds. The number of hydrazine groups is 1. The SMILES string of the molecule is Cc1nn(C)c2nc(-c3ccccc3)cc(C(=O)NNC(=O)C(C)Oc3ccccc3F)c12. The average molecular weight is 447 g/mol. The van der Waals surface area contributed by atoms with E-state index in [1.54, 1.807) is 30.8 Å². The number of hydrogen-bond donors (Lipinski definition) is 2. The molecule has 4 rings (SSSR count). The van der Waals surface area contributed by atoms with E-state index >= 15 is 0 Å². The van der Waals surface area contributed by atoms with Crippen molar-refractivity contribution in [2.75, 3.05) is 0 Å². The Bertz CT molecular complexity index is 1340. The van der Waals surface area contributed by atoms with E-state index in [2.05, 4.69) is 20.9 Å². The molecule has 0 aliphatic heterocycles. The summed E-state index contributed by atoms with van der Waals surface area (Å²) >= 11 is 0. The highest BCUT2D eigenvalue weighted by molar-refractivity contribution is 6.08. The molecule has 2 N–H and O–H groups in total. The fourth-order valence-corrected chi connectivity index (χ4v) is 3.45. The van der Waals surface area contributed by atoms with Crippen LogP contribution < -0.4 is 15.6 Å². The van der Waals surface area contributed by atoms with Crippen molar-refractivity contribution in [3.05, 3.63) is 77.7 Å². The number of hydrogen-bond acceptors (Lipinski definition) is 5. The number of fused-ring (bicyclic) bond motifs is 1. The summed E-state index contributed by atoms with van der Waals surface area (Å²) in [6, 6.07) is 16.9. The minimum Gasteiger partial charge on any atom is -0.478 e. The third-order valence-electron chi connectivity index (χ3n) is 5.09. The van der Waals surface area contributed by atoms with Crippen molar-refractivity contribution < 1.29 is 18.7 Å². The van der Waals surface area contributed by atoms with Gasteiger partial charge in [-0.05, 0) is 32.0 Å². The number of aryl methyl sites for hydroxylation is 2. The fourth-order valence-electron chi connectivity index (χ4n) is 3.45. The van der Waals surface area contributed by atoms with Gasteiger partial charge >= 0.3 is 0 Å². The highest BCUT2D eigenvalue weighted by Gasteiger charge is 2.21. The summed E-state index contributed by atoms with van der Waals surface area (Å²) in [5.41, 5.74) is 7.67. The molecule has 0 fully saturated rings. The molecule has 0 spiro atoms. The summed E-state index contributed by atoms with van der Waals surface area (Å²) in [4.78, 5) is 30.1. The van der Waals surface area contributed by atoms with E-state index in [4.69, 9.17) is 4.74 Å². The van der Waals surface area contributed by atoms with Gasteiger partial charge in [-0.2, -0.15) is 5.10 Å². The molecular formula is C24H22FN5O3. The topological polar surface area (TPSA) is 98.1 Å². The number of rotatable bonds is 5. The second-order valence-electron chi connectivity index (χ2n) is 7.46. The lowest BCUT2D eigenvalue weighted by molar-refractivity contribution is -0.128. The Morgan fingerprint density at radius 1 is 1.06 bits per heavy atom. The highest BCUT2D eigenvalue weighted by atomic mass is 19.1. The monoisotopic (exact) mass is 447 g/mol. The number of carbonyl (C=O) groups excluding carboxylic acids is 2. The predicted octanol–water partition coefficient (Wildman–Crippen LogP) is 3.31. The first-order valence-electron chi connectivity index (χ1n) is 10.3. The molecule has 0 bridgehead atoms. The van der Waals surface area contributed by atoms with Gasteiger partial charge in [-0.15, -0.1) is 0 Å². The average Bonchev–Trinajstić information content (AvgIpc) is 3.12. The van der Waals surface area contributed by atoms with E-state index in [9.17, 15) is 14.0 Å². The highest BCUT2D eigenvalue weighted by Crippen LogP contribution is 2.26. The van der Waals surface area contributed by atoms with Crippen LogP contribution in [0.1, 0.15) is 23.0 Å². The standard InChI is InChI=1S/C24H22FN5O3/c1-14-21-17(13-19(16-9-5-4-6-10-16)26-22(21)30(3)29-14)24(32)28-27-23(31)15(2)33-20-12-8-7-11-18(20)25/h4-13,15H,1-3H3,(H,27,31)(H,28,32). The minimum absolute atomic E-state index is 0.0548. The maximum atomic E-state index is 13.8. The van der Waals surface area contributed by atoms with E-state index < -0.39 is 23.7 Å². The van der Waals surface area contributed by atoms with E-state index in [1.807, 2.05) is 30.3 Å². The number of halogens is 1. The molecule has 0 saturated heterocycles. The molecule has 168 valence electrons. The smallest absolute Gasteiger partial charge is 0.279 e. The minimum atomic E-state index is -1.04. The predicted molar refractivity (Wildman–Crippen MR) is 121 cm³/mol. The number of para-hydroxylation sites is 1. The maximum Gasteiger partial charge on any atom is 0.279 e.